The Hall–Kier alpha value is -2.37. The van der Waals surface area contributed by atoms with Crippen LogP contribution in [0.3, 0.4) is 0 Å². The molecule has 2 unspecified atom stereocenters. The Labute approximate surface area is 155 Å². The van der Waals surface area contributed by atoms with Crippen molar-refractivity contribution in [2.75, 3.05) is 31.6 Å². The fourth-order valence-corrected chi connectivity index (χ4v) is 3.31. The van der Waals surface area contributed by atoms with Crippen molar-refractivity contribution in [1.82, 2.24) is 10.2 Å². The Kier molecular flexibility index (Phi) is 6.26. The van der Waals surface area contributed by atoms with Gasteiger partial charge in [-0.2, -0.15) is 0 Å². The van der Waals surface area contributed by atoms with Crippen LogP contribution in [0.4, 0.5) is 11.4 Å². The second kappa shape index (κ2) is 8.83. The second-order valence-corrected chi connectivity index (χ2v) is 6.76. The lowest BCUT2D eigenvalue weighted by molar-refractivity contribution is -0.0178. The molecule has 2 atom stereocenters. The first-order chi connectivity index (χ1) is 12.6. The summed E-state index contributed by atoms with van der Waals surface area (Å²) in [6.07, 6.45) is 0. The van der Waals surface area contributed by atoms with E-state index in [9.17, 15) is 4.79 Å². The number of nitrogens with one attached hydrogen (secondary N) is 2. The molecule has 1 heterocycles. The van der Waals surface area contributed by atoms with Crippen molar-refractivity contribution in [2.24, 2.45) is 0 Å². The van der Waals surface area contributed by atoms with Gasteiger partial charge in [-0.15, -0.1) is 0 Å². The summed E-state index contributed by atoms with van der Waals surface area (Å²) in [6, 6.07) is 18.1. The number of hydrogen-bond acceptors (Lipinski definition) is 4. The number of carbonyl (C=O) groups is 1. The van der Waals surface area contributed by atoms with E-state index in [1.807, 2.05) is 54.6 Å². The van der Waals surface area contributed by atoms with Crippen LogP contribution in [-0.4, -0.2) is 49.2 Å². The molecule has 1 amide bonds. The molecule has 0 aliphatic carbocycles. The first-order valence-corrected chi connectivity index (χ1v) is 9.18. The Bertz CT molecular complexity index is 720. The van der Waals surface area contributed by atoms with Crippen molar-refractivity contribution in [3.05, 3.63) is 60.2 Å². The van der Waals surface area contributed by atoms with Gasteiger partial charge in [0, 0.05) is 30.9 Å². The molecule has 0 saturated carbocycles. The van der Waals surface area contributed by atoms with Gasteiger partial charge >= 0.3 is 0 Å². The molecule has 1 fully saturated rings. The average Bonchev–Trinajstić information content (AvgIpc) is 2.67. The van der Waals surface area contributed by atoms with Crippen molar-refractivity contribution < 1.29 is 9.53 Å². The first-order valence-electron chi connectivity index (χ1n) is 9.18. The maximum Gasteiger partial charge on any atom is 0.253 e. The molecule has 2 aromatic rings. The van der Waals surface area contributed by atoms with Crippen LogP contribution in [0.15, 0.2) is 54.6 Å². The normalized spacial score (nSPS) is 18.9. The maximum absolute atomic E-state index is 12.7. The van der Waals surface area contributed by atoms with E-state index in [1.54, 1.807) is 0 Å². The van der Waals surface area contributed by atoms with Crippen LogP contribution < -0.4 is 10.6 Å². The van der Waals surface area contributed by atoms with Gasteiger partial charge in [-0.1, -0.05) is 30.3 Å². The van der Waals surface area contributed by atoms with E-state index in [0.717, 1.165) is 31.1 Å². The topological polar surface area (TPSA) is 53.6 Å². The number of benzene rings is 2. The van der Waals surface area contributed by atoms with E-state index in [1.165, 1.54) is 0 Å². The number of hydrogen-bond donors (Lipinski definition) is 2. The van der Waals surface area contributed by atoms with Crippen LogP contribution in [0.2, 0.25) is 0 Å². The molecule has 2 aromatic carbocycles. The summed E-state index contributed by atoms with van der Waals surface area (Å²) >= 11 is 0. The number of ether oxygens (including phenoxy) is 1. The van der Waals surface area contributed by atoms with Gasteiger partial charge < -0.3 is 15.4 Å². The Morgan fingerprint density at radius 1 is 1.19 bits per heavy atom. The summed E-state index contributed by atoms with van der Waals surface area (Å²) < 4.78 is 5.49. The molecular formula is C21H27N3O2. The van der Waals surface area contributed by atoms with Crippen LogP contribution in [0.25, 0.3) is 0 Å². The highest BCUT2D eigenvalue weighted by molar-refractivity contribution is 6.00. The van der Waals surface area contributed by atoms with E-state index in [0.29, 0.717) is 18.2 Å². The minimum Gasteiger partial charge on any atom is -0.379 e. The quantitative estimate of drug-likeness (QED) is 0.837. The molecule has 0 spiro atoms. The Balaban J connectivity index is 1.63. The monoisotopic (exact) mass is 353 g/mol. The van der Waals surface area contributed by atoms with Gasteiger partial charge in [0.2, 0.25) is 0 Å². The van der Waals surface area contributed by atoms with E-state index >= 15 is 0 Å². The van der Waals surface area contributed by atoms with Gasteiger partial charge in [0.25, 0.3) is 5.91 Å². The Morgan fingerprint density at radius 3 is 2.69 bits per heavy atom. The van der Waals surface area contributed by atoms with Gasteiger partial charge in [-0.3, -0.25) is 9.69 Å². The third-order valence-electron chi connectivity index (χ3n) is 4.77. The molecule has 1 saturated heterocycles. The van der Waals surface area contributed by atoms with Crippen LogP contribution in [0.1, 0.15) is 24.2 Å². The van der Waals surface area contributed by atoms with Crippen LogP contribution >= 0.6 is 0 Å². The standard InChI is InChI=1S/C21H27N3O2/c1-16(24-12-13-26-15-17(24)2)14-22-21(25)19-10-6-7-11-20(19)23-18-8-4-3-5-9-18/h3-11,16-17,23H,12-15H2,1-2H3,(H,22,25). The molecule has 1 aliphatic heterocycles. The minimum absolute atomic E-state index is 0.0585. The summed E-state index contributed by atoms with van der Waals surface area (Å²) in [7, 11) is 0. The highest BCUT2D eigenvalue weighted by atomic mass is 16.5. The predicted octanol–water partition coefficient (Wildman–Crippen LogP) is 3.27. The van der Waals surface area contributed by atoms with Crippen molar-refractivity contribution in [3.8, 4) is 0 Å². The predicted molar refractivity (Wildman–Crippen MR) is 105 cm³/mol. The smallest absolute Gasteiger partial charge is 0.253 e. The number of carbonyl (C=O) groups excluding carboxylic acids is 1. The van der Waals surface area contributed by atoms with E-state index < -0.39 is 0 Å². The van der Waals surface area contributed by atoms with Crippen LogP contribution in [-0.2, 0) is 4.74 Å². The zero-order chi connectivity index (χ0) is 18.4. The molecule has 138 valence electrons. The third kappa shape index (κ3) is 4.62. The van der Waals surface area contributed by atoms with Crippen molar-refractivity contribution in [3.63, 3.8) is 0 Å². The zero-order valence-corrected chi connectivity index (χ0v) is 15.4. The number of rotatable bonds is 6. The molecule has 2 N–H and O–H groups in total. The van der Waals surface area contributed by atoms with Gasteiger partial charge in [-0.25, -0.2) is 0 Å². The molecule has 0 aromatic heterocycles. The fraction of sp³-hybridized carbons (Fsp3) is 0.381. The lowest BCUT2D eigenvalue weighted by atomic mass is 10.1. The second-order valence-electron chi connectivity index (χ2n) is 6.76. The Morgan fingerprint density at radius 2 is 1.92 bits per heavy atom. The lowest BCUT2D eigenvalue weighted by Gasteiger charge is -2.37. The molecule has 0 bridgehead atoms. The highest BCUT2D eigenvalue weighted by Gasteiger charge is 2.24. The van der Waals surface area contributed by atoms with Crippen LogP contribution in [0, 0.1) is 0 Å². The largest absolute Gasteiger partial charge is 0.379 e. The van der Waals surface area contributed by atoms with Gasteiger partial charge in [-0.05, 0) is 38.1 Å². The van der Waals surface area contributed by atoms with Crippen molar-refractivity contribution in [1.29, 1.82) is 0 Å². The number of anilines is 2. The van der Waals surface area contributed by atoms with Gasteiger partial charge in [0.05, 0.1) is 24.5 Å². The number of para-hydroxylation sites is 2. The molecule has 0 radical (unpaired) electrons. The molecule has 5 heteroatoms. The third-order valence-corrected chi connectivity index (χ3v) is 4.77. The fourth-order valence-electron chi connectivity index (χ4n) is 3.31. The maximum atomic E-state index is 12.7. The lowest BCUT2D eigenvalue weighted by Crippen LogP contribution is -2.51. The number of morpholine rings is 1. The molecular weight excluding hydrogens is 326 g/mol. The molecule has 3 rings (SSSR count). The van der Waals surface area contributed by atoms with E-state index in [2.05, 4.69) is 29.4 Å². The van der Waals surface area contributed by atoms with Crippen molar-refractivity contribution >= 4 is 17.3 Å². The summed E-state index contributed by atoms with van der Waals surface area (Å²) in [6.45, 7) is 7.34. The van der Waals surface area contributed by atoms with E-state index in [-0.39, 0.29) is 11.9 Å². The average molecular weight is 353 g/mol. The SMILES string of the molecule is CC(CNC(=O)c1ccccc1Nc1ccccc1)N1CCOCC1C. The van der Waals surface area contributed by atoms with Gasteiger partial charge in [0.1, 0.15) is 0 Å². The minimum atomic E-state index is -0.0585. The zero-order valence-electron chi connectivity index (χ0n) is 15.4. The molecule has 5 nitrogen and oxygen atoms in total. The molecule has 26 heavy (non-hydrogen) atoms. The number of nitrogens with zero attached hydrogens (tertiary/aromatic N) is 1. The highest BCUT2D eigenvalue weighted by Crippen LogP contribution is 2.20. The van der Waals surface area contributed by atoms with Gasteiger partial charge in [0.15, 0.2) is 0 Å². The summed E-state index contributed by atoms with van der Waals surface area (Å²) in [4.78, 5) is 15.1. The first kappa shape index (κ1) is 18.4. The summed E-state index contributed by atoms with van der Waals surface area (Å²) in [5.74, 6) is -0.0585. The van der Waals surface area contributed by atoms with Crippen molar-refractivity contribution in [2.45, 2.75) is 25.9 Å². The molecule has 1 aliphatic rings. The summed E-state index contributed by atoms with van der Waals surface area (Å²) in [5, 5.41) is 6.41. The number of amides is 1. The van der Waals surface area contributed by atoms with E-state index in [4.69, 9.17) is 4.74 Å². The van der Waals surface area contributed by atoms with Crippen LogP contribution in [0.5, 0.6) is 0 Å². The summed E-state index contributed by atoms with van der Waals surface area (Å²) in [5.41, 5.74) is 2.42.